The van der Waals surface area contributed by atoms with Crippen molar-refractivity contribution in [1.82, 2.24) is 0 Å². The minimum atomic E-state index is -0.625. The maximum atomic E-state index is 13.0. The van der Waals surface area contributed by atoms with Crippen LogP contribution in [0.5, 0.6) is 11.5 Å². The zero-order valence-corrected chi connectivity index (χ0v) is 20.3. The Balaban J connectivity index is 1.26. The minimum Gasteiger partial charge on any atom is -0.494 e. The largest absolute Gasteiger partial charge is 0.494 e. The predicted octanol–water partition coefficient (Wildman–Crippen LogP) is 3.89. The van der Waals surface area contributed by atoms with Crippen LogP contribution in [0.2, 0.25) is 0 Å². The van der Waals surface area contributed by atoms with Gasteiger partial charge in [-0.2, -0.15) is 0 Å². The molecule has 8 heteroatoms. The van der Waals surface area contributed by atoms with Crippen molar-refractivity contribution in [1.29, 1.82) is 0 Å². The molecule has 2 aromatic rings. The first-order valence-corrected chi connectivity index (χ1v) is 12.2. The van der Waals surface area contributed by atoms with Gasteiger partial charge in [-0.05, 0) is 63.1 Å². The maximum absolute atomic E-state index is 13.0. The average molecular weight is 489 g/mol. The van der Waals surface area contributed by atoms with Crippen molar-refractivity contribution in [3.8, 4) is 11.5 Å². The number of carbonyl (C=O) groups excluding carboxylic acids is 4. The number of rotatable bonds is 6. The fraction of sp³-hybridized carbons (Fsp3) is 0.357. The minimum absolute atomic E-state index is 0.0462. The van der Waals surface area contributed by atoms with Gasteiger partial charge in [0.15, 0.2) is 0 Å². The topological polar surface area (TPSA) is 93.2 Å². The Labute approximate surface area is 209 Å². The van der Waals surface area contributed by atoms with Crippen molar-refractivity contribution in [3.05, 3.63) is 60.2 Å². The number of nitrogens with zero attached hydrogens (tertiary/aromatic N) is 2. The molecule has 2 aromatic carbocycles. The Bertz CT molecular complexity index is 1250. The van der Waals surface area contributed by atoms with Crippen LogP contribution in [0, 0.1) is 17.8 Å². The second kappa shape index (κ2) is 9.60. The zero-order valence-electron chi connectivity index (χ0n) is 20.3. The van der Waals surface area contributed by atoms with Gasteiger partial charge in [0.05, 0.1) is 30.0 Å². The Hall–Kier alpha value is -3.94. The third-order valence-electron chi connectivity index (χ3n) is 7.04. The molecule has 2 saturated heterocycles. The highest BCUT2D eigenvalue weighted by atomic mass is 16.5. The molecule has 0 saturated carbocycles. The summed E-state index contributed by atoms with van der Waals surface area (Å²) in [4.78, 5) is 54.3. The number of ether oxygens (including phenoxy) is 2. The van der Waals surface area contributed by atoms with Crippen LogP contribution in [-0.2, 0) is 19.2 Å². The van der Waals surface area contributed by atoms with Crippen molar-refractivity contribution in [2.75, 3.05) is 23.0 Å². The molecule has 3 aliphatic rings. The molecule has 0 bridgehead atoms. The van der Waals surface area contributed by atoms with E-state index in [1.807, 2.05) is 19.9 Å². The average Bonchev–Trinajstić information content (AvgIpc) is 3.37. The summed E-state index contributed by atoms with van der Waals surface area (Å²) in [7, 11) is 0. The van der Waals surface area contributed by atoms with Gasteiger partial charge in [0.2, 0.25) is 17.7 Å². The highest BCUT2D eigenvalue weighted by Gasteiger charge is 2.48. The van der Waals surface area contributed by atoms with E-state index < -0.39 is 11.9 Å². The molecular weight excluding hydrogens is 460 g/mol. The van der Waals surface area contributed by atoms with Crippen LogP contribution in [0.3, 0.4) is 0 Å². The summed E-state index contributed by atoms with van der Waals surface area (Å²) in [6, 6.07) is 13.6. The smallest absolute Gasteiger partial charge is 0.316 e. The van der Waals surface area contributed by atoms with Gasteiger partial charge in [-0.3, -0.25) is 19.2 Å². The predicted molar refractivity (Wildman–Crippen MR) is 133 cm³/mol. The van der Waals surface area contributed by atoms with Crippen molar-refractivity contribution in [2.45, 2.75) is 33.1 Å². The standard InChI is InChI=1S/C28H28N2O6/c1-3-35-21-10-8-19(9-11-21)29-16-18(14-25(29)31)28(34)36-22-6-4-5-20(15-22)30-26(32)23-12-7-17(2)13-24(23)27(30)33/h4-11,15,18,23-24H,3,12-14,16H2,1-2H3/t18-,23+,24-/m1/s1. The Morgan fingerprint density at radius 2 is 1.69 bits per heavy atom. The molecule has 186 valence electrons. The maximum Gasteiger partial charge on any atom is 0.316 e. The molecule has 0 spiro atoms. The fourth-order valence-corrected chi connectivity index (χ4v) is 5.18. The molecule has 3 atom stereocenters. The van der Waals surface area contributed by atoms with E-state index in [0.29, 0.717) is 36.6 Å². The van der Waals surface area contributed by atoms with E-state index in [2.05, 4.69) is 0 Å². The highest BCUT2D eigenvalue weighted by Crippen LogP contribution is 2.40. The van der Waals surface area contributed by atoms with Gasteiger partial charge < -0.3 is 14.4 Å². The van der Waals surface area contributed by atoms with E-state index in [4.69, 9.17) is 9.47 Å². The first-order valence-electron chi connectivity index (χ1n) is 12.2. The first-order chi connectivity index (χ1) is 17.4. The molecule has 8 nitrogen and oxygen atoms in total. The van der Waals surface area contributed by atoms with Crippen molar-refractivity contribution in [2.24, 2.45) is 17.8 Å². The van der Waals surface area contributed by atoms with E-state index >= 15 is 0 Å². The van der Waals surface area contributed by atoms with E-state index in [0.717, 1.165) is 5.57 Å². The van der Waals surface area contributed by atoms with Gasteiger partial charge in [-0.1, -0.05) is 17.7 Å². The lowest BCUT2D eigenvalue weighted by molar-refractivity contribution is -0.139. The van der Waals surface area contributed by atoms with Gasteiger partial charge in [0.1, 0.15) is 11.5 Å². The SMILES string of the molecule is CCOc1ccc(N2C[C@H](C(=O)Oc3cccc(N4C(=O)[C@H]5CC=C(C)C[C@H]5C4=O)c3)CC2=O)cc1. The molecule has 0 N–H and O–H groups in total. The fourth-order valence-electron chi connectivity index (χ4n) is 5.18. The molecule has 0 unspecified atom stereocenters. The Morgan fingerprint density at radius 3 is 2.44 bits per heavy atom. The normalized spacial score (nSPS) is 23.6. The molecule has 1 aliphatic carbocycles. The van der Waals surface area contributed by atoms with Gasteiger partial charge >= 0.3 is 5.97 Å². The van der Waals surface area contributed by atoms with Gasteiger partial charge in [-0.15, -0.1) is 0 Å². The number of fused-ring (bicyclic) bond motifs is 1. The summed E-state index contributed by atoms with van der Waals surface area (Å²) in [6.45, 7) is 4.64. The van der Waals surface area contributed by atoms with Crippen LogP contribution in [0.4, 0.5) is 11.4 Å². The van der Waals surface area contributed by atoms with Crippen molar-refractivity contribution in [3.63, 3.8) is 0 Å². The number of hydrogen-bond acceptors (Lipinski definition) is 6. The molecule has 5 rings (SSSR count). The van der Waals surface area contributed by atoms with E-state index in [1.165, 1.54) is 11.0 Å². The summed E-state index contributed by atoms with van der Waals surface area (Å²) >= 11 is 0. The highest BCUT2D eigenvalue weighted by molar-refractivity contribution is 6.22. The number of hydrogen-bond donors (Lipinski definition) is 0. The number of anilines is 2. The number of imide groups is 1. The van der Waals surface area contributed by atoms with Crippen LogP contribution in [0.1, 0.15) is 33.1 Å². The van der Waals surface area contributed by atoms with E-state index in [1.54, 1.807) is 47.4 Å². The van der Waals surface area contributed by atoms with Gasteiger partial charge in [0, 0.05) is 24.7 Å². The summed E-state index contributed by atoms with van der Waals surface area (Å²) in [5.41, 5.74) is 2.20. The van der Waals surface area contributed by atoms with Crippen LogP contribution in [-0.4, -0.2) is 36.8 Å². The Kier molecular flexibility index (Phi) is 6.35. The lowest BCUT2D eigenvalue weighted by Gasteiger charge is -2.18. The molecule has 3 amide bonds. The van der Waals surface area contributed by atoms with Crippen molar-refractivity contribution < 1.29 is 28.7 Å². The van der Waals surface area contributed by atoms with Crippen LogP contribution in [0.25, 0.3) is 0 Å². The first kappa shape index (κ1) is 23.8. The van der Waals surface area contributed by atoms with Crippen molar-refractivity contribution >= 4 is 35.1 Å². The molecule has 36 heavy (non-hydrogen) atoms. The van der Waals surface area contributed by atoms with Crippen LogP contribution in [0.15, 0.2) is 60.2 Å². The number of allylic oxidation sites excluding steroid dienone is 2. The monoisotopic (exact) mass is 488 g/mol. The Morgan fingerprint density at radius 1 is 0.944 bits per heavy atom. The molecular formula is C28H28N2O6. The molecule has 2 heterocycles. The summed E-state index contributed by atoms with van der Waals surface area (Å²) in [6.07, 6.45) is 3.21. The summed E-state index contributed by atoms with van der Waals surface area (Å²) in [5.74, 6) is -1.48. The quantitative estimate of drug-likeness (QED) is 0.265. The molecule has 0 aromatic heterocycles. The lowest BCUT2D eigenvalue weighted by atomic mass is 9.82. The van der Waals surface area contributed by atoms with Crippen LogP contribution >= 0.6 is 0 Å². The van der Waals surface area contributed by atoms with Crippen LogP contribution < -0.4 is 19.3 Å². The third-order valence-corrected chi connectivity index (χ3v) is 7.04. The second-order valence-corrected chi connectivity index (χ2v) is 9.47. The third kappa shape index (κ3) is 4.39. The number of esters is 1. The molecule has 2 fully saturated rings. The number of carbonyl (C=O) groups is 4. The zero-order chi connectivity index (χ0) is 25.4. The second-order valence-electron chi connectivity index (χ2n) is 9.47. The number of amides is 3. The van der Waals surface area contributed by atoms with Gasteiger partial charge in [-0.25, -0.2) is 4.90 Å². The van der Waals surface area contributed by atoms with E-state index in [-0.39, 0.29) is 48.3 Å². The number of benzene rings is 2. The molecule has 0 radical (unpaired) electrons. The summed E-state index contributed by atoms with van der Waals surface area (Å²) < 4.78 is 11.0. The summed E-state index contributed by atoms with van der Waals surface area (Å²) in [5, 5.41) is 0. The lowest BCUT2D eigenvalue weighted by Crippen LogP contribution is -2.31. The van der Waals surface area contributed by atoms with E-state index in [9.17, 15) is 19.2 Å². The molecule has 2 aliphatic heterocycles. The van der Waals surface area contributed by atoms with Gasteiger partial charge in [0.25, 0.3) is 0 Å².